The third-order valence-corrected chi connectivity index (χ3v) is 3.49. The minimum Gasteiger partial charge on any atom is -0.263 e. The smallest absolute Gasteiger partial charge is 0.0966 e. The SMILES string of the molecule is c1ccc(-n2nncc2-c2cncc3ccccc23)cc1. The zero-order valence-corrected chi connectivity index (χ0v) is 11.2. The van der Waals surface area contributed by atoms with Gasteiger partial charge in [0.1, 0.15) is 0 Å². The van der Waals surface area contributed by atoms with Crippen LogP contribution in [0.1, 0.15) is 0 Å². The summed E-state index contributed by atoms with van der Waals surface area (Å²) in [6.45, 7) is 0. The molecule has 0 amide bonds. The third-order valence-electron chi connectivity index (χ3n) is 3.49. The van der Waals surface area contributed by atoms with Crippen LogP contribution in [0.3, 0.4) is 0 Å². The van der Waals surface area contributed by atoms with E-state index in [4.69, 9.17) is 0 Å². The van der Waals surface area contributed by atoms with Crippen LogP contribution >= 0.6 is 0 Å². The maximum Gasteiger partial charge on any atom is 0.0966 e. The maximum atomic E-state index is 4.33. The Kier molecular flexibility index (Phi) is 2.71. The van der Waals surface area contributed by atoms with Crippen LogP contribution in [0, 0.1) is 0 Å². The minimum absolute atomic E-state index is 0.936. The molecule has 4 rings (SSSR count). The molecule has 21 heavy (non-hydrogen) atoms. The lowest BCUT2D eigenvalue weighted by Crippen LogP contribution is -1.99. The van der Waals surface area contributed by atoms with Gasteiger partial charge in [0.25, 0.3) is 0 Å². The number of rotatable bonds is 2. The van der Waals surface area contributed by atoms with Crippen LogP contribution in [0.5, 0.6) is 0 Å². The van der Waals surface area contributed by atoms with Crippen molar-refractivity contribution < 1.29 is 0 Å². The highest BCUT2D eigenvalue weighted by Crippen LogP contribution is 2.28. The number of fused-ring (bicyclic) bond motifs is 1. The Morgan fingerprint density at radius 1 is 0.762 bits per heavy atom. The molecule has 4 heteroatoms. The molecule has 2 heterocycles. The Morgan fingerprint density at radius 2 is 1.57 bits per heavy atom. The fourth-order valence-electron chi connectivity index (χ4n) is 2.50. The fourth-order valence-corrected chi connectivity index (χ4v) is 2.50. The molecule has 0 aliphatic rings. The predicted molar refractivity (Wildman–Crippen MR) is 82.1 cm³/mol. The summed E-state index contributed by atoms with van der Waals surface area (Å²) in [7, 11) is 0. The highest BCUT2D eigenvalue weighted by atomic mass is 15.4. The van der Waals surface area contributed by atoms with Crippen LogP contribution in [0.2, 0.25) is 0 Å². The Bertz CT molecular complexity index is 891. The molecule has 0 unspecified atom stereocenters. The van der Waals surface area contributed by atoms with E-state index >= 15 is 0 Å². The molecule has 0 spiro atoms. The van der Waals surface area contributed by atoms with Crippen LogP contribution in [0.4, 0.5) is 0 Å². The lowest BCUT2D eigenvalue weighted by molar-refractivity contribution is 0.808. The zero-order valence-electron chi connectivity index (χ0n) is 11.2. The molecule has 0 fully saturated rings. The van der Waals surface area contributed by atoms with Crippen molar-refractivity contribution in [3.63, 3.8) is 0 Å². The molecule has 0 atom stereocenters. The van der Waals surface area contributed by atoms with E-state index in [9.17, 15) is 0 Å². The van der Waals surface area contributed by atoms with Crippen molar-refractivity contribution in [1.29, 1.82) is 0 Å². The Hall–Kier alpha value is -3.01. The highest BCUT2D eigenvalue weighted by Gasteiger charge is 2.11. The molecule has 2 aromatic carbocycles. The summed E-state index contributed by atoms with van der Waals surface area (Å²) in [5, 5.41) is 10.5. The van der Waals surface area contributed by atoms with E-state index < -0.39 is 0 Å². The topological polar surface area (TPSA) is 43.6 Å². The van der Waals surface area contributed by atoms with Gasteiger partial charge in [-0.2, -0.15) is 0 Å². The first-order valence-corrected chi connectivity index (χ1v) is 6.73. The van der Waals surface area contributed by atoms with Crippen molar-refractivity contribution in [2.45, 2.75) is 0 Å². The Morgan fingerprint density at radius 3 is 2.48 bits per heavy atom. The lowest BCUT2D eigenvalue weighted by atomic mass is 10.1. The van der Waals surface area contributed by atoms with Gasteiger partial charge in [0, 0.05) is 23.3 Å². The molecule has 4 aromatic rings. The first-order chi connectivity index (χ1) is 10.4. The summed E-state index contributed by atoms with van der Waals surface area (Å²) >= 11 is 0. The van der Waals surface area contributed by atoms with Crippen molar-refractivity contribution >= 4 is 10.8 Å². The molecule has 100 valence electrons. The van der Waals surface area contributed by atoms with Gasteiger partial charge >= 0.3 is 0 Å². The molecule has 4 nitrogen and oxygen atoms in total. The van der Waals surface area contributed by atoms with Crippen molar-refractivity contribution in [3.8, 4) is 16.9 Å². The predicted octanol–water partition coefficient (Wildman–Crippen LogP) is 3.48. The number of nitrogens with zero attached hydrogens (tertiary/aromatic N) is 4. The zero-order chi connectivity index (χ0) is 14.1. The molecule has 0 aliphatic heterocycles. The number of para-hydroxylation sites is 1. The molecule has 0 saturated heterocycles. The maximum absolute atomic E-state index is 4.33. The number of hydrogen-bond acceptors (Lipinski definition) is 3. The largest absolute Gasteiger partial charge is 0.263 e. The van der Waals surface area contributed by atoms with E-state index in [-0.39, 0.29) is 0 Å². The summed E-state index contributed by atoms with van der Waals surface area (Å²) < 4.78 is 1.84. The lowest BCUT2D eigenvalue weighted by Gasteiger charge is -2.08. The summed E-state index contributed by atoms with van der Waals surface area (Å²) in [6, 6.07) is 18.2. The standard InChI is InChI=1S/C17H12N4/c1-2-7-14(8-3-1)21-17(12-19-20-21)16-11-18-10-13-6-4-5-9-15(13)16/h1-12H. The number of hydrogen-bond donors (Lipinski definition) is 0. The normalized spacial score (nSPS) is 10.9. The van der Waals surface area contributed by atoms with Crippen LogP contribution < -0.4 is 0 Å². The summed E-state index contributed by atoms with van der Waals surface area (Å²) in [5.74, 6) is 0. The molecule has 0 radical (unpaired) electrons. The van der Waals surface area contributed by atoms with Gasteiger partial charge in [-0.15, -0.1) is 5.10 Å². The van der Waals surface area contributed by atoms with Crippen molar-refractivity contribution in [1.82, 2.24) is 20.0 Å². The van der Waals surface area contributed by atoms with Gasteiger partial charge in [0.05, 0.1) is 17.6 Å². The number of pyridine rings is 1. The minimum atomic E-state index is 0.936. The van der Waals surface area contributed by atoms with Crippen molar-refractivity contribution in [3.05, 3.63) is 73.2 Å². The Balaban J connectivity index is 1.97. The second-order valence-corrected chi connectivity index (χ2v) is 4.77. The quantitative estimate of drug-likeness (QED) is 0.561. The van der Waals surface area contributed by atoms with Crippen molar-refractivity contribution in [2.75, 3.05) is 0 Å². The van der Waals surface area contributed by atoms with Gasteiger partial charge in [-0.1, -0.05) is 47.7 Å². The molecule has 0 aliphatic carbocycles. The fraction of sp³-hybridized carbons (Fsp3) is 0. The second-order valence-electron chi connectivity index (χ2n) is 4.77. The van der Waals surface area contributed by atoms with Gasteiger partial charge in [-0.3, -0.25) is 4.98 Å². The molecule has 0 saturated carbocycles. The summed E-state index contributed by atoms with van der Waals surface area (Å²) in [6.07, 6.45) is 5.51. The van der Waals surface area contributed by atoms with Gasteiger partial charge in [0.15, 0.2) is 0 Å². The molecular formula is C17H12N4. The van der Waals surface area contributed by atoms with E-state index in [0.717, 1.165) is 27.7 Å². The number of aromatic nitrogens is 4. The van der Waals surface area contributed by atoms with Crippen LogP contribution in [-0.4, -0.2) is 20.0 Å². The summed E-state index contributed by atoms with van der Waals surface area (Å²) in [5.41, 5.74) is 2.95. The van der Waals surface area contributed by atoms with E-state index in [1.165, 1.54) is 0 Å². The Labute approximate surface area is 121 Å². The van der Waals surface area contributed by atoms with E-state index in [1.54, 1.807) is 6.20 Å². The van der Waals surface area contributed by atoms with Crippen LogP contribution in [0.25, 0.3) is 27.7 Å². The van der Waals surface area contributed by atoms with Crippen molar-refractivity contribution in [2.24, 2.45) is 0 Å². The van der Waals surface area contributed by atoms with Gasteiger partial charge < -0.3 is 0 Å². The molecular weight excluding hydrogens is 260 g/mol. The monoisotopic (exact) mass is 272 g/mol. The van der Waals surface area contributed by atoms with Crippen LogP contribution in [-0.2, 0) is 0 Å². The third kappa shape index (κ3) is 1.97. The molecule has 2 aromatic heterocycles. The highest BCUT2D eigenvalue weighted by molar-refractivity contribution is 5.94. The summed E-state index contributed by atoms with van der Waals surface area (Å²) in [4.78, 5) is 4.33. The van der Waals surface area contributed by atoms with Crippen LogP contribution in [0.15, 0.2) is 73.2 Å². The van der Waals surface area contributed by atoms with E-state index in [2.05, 4.69) is 27.4 Å². The van der Waals surface area contributed by atoms with Gasteiger partial charge in [0.2, 0.25) is 0 Å². The van der Waals surface area contributed by atoms with Gasteiger partial charge in [-0.05, 0) is 17.5 Å². The first kappa shape index (κ1) is 11.8. The molecule has 0 bridgehead atoms. The van der Waals surface area contributed by atoms with Gasteiger partial charge in [-0.25, -0.2) is 4.68 Å². The average Bonchev–Trinajstić information content (AvgIpc) is 3.04. The second kappa shape index (κ2) is 4.83. The van der Waals surface area contributed by atoms with E-state index in [1.807, 2.05) is 59.5 Å². The average molecular weight is 272 g/mol. The molecule has 0 N–H and O–H groups in total. The first-order valence-electron chi connectivity index (χ1n) is 6.73. The number of benzene rings is 2. The van der Waals surface area contributed by atoms with E-state index in [0.29, 0.717) is 0 Å².